The average molecular weight is 410 g/mol. The summed E-state index contributed by atoms with van der Waals surface area (Å²) in [5.41, 5.74) is 3.04. The van der Waals surface area contributed by atoms with Crippen LogP contribution in [-0.4, -0.2) is 37.0 Å². The SMILES string of the molecule is CC1=Nc2c(c(=O)[nH]n2[C@H]2CCOC(C)(C)C2)[C@H](c2cccc3nccnc23)S1. The van der Waals surface area contributed by atoms with Gasteiger partial charge in [-0.1, -0.05) is 23.9 Å². The smallest absolute Gasteiger partial charge is 0.271 e. The summed E-state index contributed by atoms with van der Waals surface area (Å²) >= 11 is 1.60. The van der Waals surface area contributed by atoms with E-state index in [1.54, 1.807) is 24.2 Å². The van der Waals surface area contributed by atoms with Gasteiger partial charge in [-0.3, -0.25) is 24.5 Å². The highest BCUT2D eigenvalue weighted by Gasteiger charge is 2.36. The van der Waals surface area contributed by atoms with Crippen molar-refractivity contribution in [2.24, 2.45) is 4.99 Å². The van der Waals surface area contributed by atoms with Gasteiger partial charge in [-0.2, -0.15) is 0 Å². The van der Waals surface area contributed by atoms with Gasteiger partial charge in [0.05, 0.1) is 38.5 Å². The Bertz CT molecular complexity index is 1170. The third kappa shape index (κ3) is 3.20. The first-order chi connectivity index (χ1) is 13.9. The second kappa shape index (κ2) is 6.81. The summed E-state index contributed by atoms with van der Waals surface area (Å²) < 4.78 is 7.83. The number of nitrogens with zero attached hydrogens (tertiary/aromatic N) is 4. The number of hydrogen-bond donors (Lipinski definition) is 1. The zero-order chi connectivity index (χ0) is 20.2. The molecular formula is C21H23N5O2S. The van der Waals surface area contributed by atoms with Crippen molar-refractivity contribution in [2.75, 3.05) is 6.61 Å². The molecule has 5 rings (SSSR count). The van der Waals surface area contributed by atoms with Crippen LogP contribution in [0.25, 0.3) is 11.0 Å². The van der Waals surface area contributed by atoms with Crippen molar-refractivity contribution in [1.29, 1.82) is 0 Å². The predicted octanol–water partition coefficient (Wildman–Crippen LogP) is 4.14. The lowest BCUT2D eigenvalue weighted by Crippen LogP contribution is -2.35. The largest absolute Gasteiger partial charge is 0.375 e. The number of thioether (sulfide) groups is 1. The summed E-state index contributed by atoms with van der Waals surface area (Å²) in [6.07, 6.45) is 5.07. The number of hydrogen-bond acceptors (Lipinski definition) is 6. The van der Waals surface area contributed by atoms with Gasteiger partial charge in [0.2, 0.25) is 0 Å². The third-order valence-corrected chi connectivity index (χ3v) is 6.76. The number of nitrogens with one attached hydrogen (secondary N) is 1. The predicted molar refractivity (Wildman–Crippen MR) is 115 cm³/mol. The number of H-pyrrole nitrogens is 1. The Morgan fingerprint density at radius 3 is 2.93 bits per heavy atom. The quantitative estimate of drug-likeness (QED) is 0.688. The molecule has 0 amide bonds. The fourth-order valence-electron chi connectivity index (χ4n) is 4.34. The minimum absolute atomic E-state index is 0.0843. The number of aromatic nitrogens is 4. The lowest BCUT2D eigenvalue weighted by Gasteiger charge is -2.36. The summed E-state index contributed by atoms with van der Waals surface area (Å²) in [5, 5.41) is 3.85. The van der Waals surface area contributed by atoms with Crippen LogP contribution < -0.4 is 5.56 Å². The highest BCUT2D eigenvalue weighted by molar-refractivity contribution is 8.14. The Morgan fingerprint density at radius 1 is 1.28 bits per heavy atom. The molecule has 0 aliphatic carbocycles. The third-order valence-electron chi connectivity index (χ3n) is 5.60. The van der Waals surface area contributed by atoms with E-state index in [1.807, 2.05) is 29.8 Å². The van der Waals surface area contributed by atoms with Gasteiger partial charge in [-0.25, -0.2) is 4.99 Å². The fraction of sp³-hybridized carbons (Fsp3) is 0.429. The van der Waals surface area contributed by atoms with Crippen LogP contribution in [0.3, 0.4) is 0 Å². The highest BCUT2D eigenvalue weighted by Crippen LogP contribution is 2.46. The Kier molecular flexibility index (Phi) is 4.36. The molecule has 1 saturated heterocycles. The summed E-state index contributed by atoms with van der Waals surface area (Å²) in [7, 11) is 0. The molecule has 7 nitrogen and oxygen atoms in total. The van der Waals surface area contributed by atoms with Crippen LogP contribution in [0.4, 0.5) is 5.82 Å². The molecule has 2 aliphatic heterocycles. The average Bonchev–Trinajstić information content (AvgIpc) is 3.02. The molecule has 2 aliphatic rings. The minimum Gasteiger partial charge on any atom is -0.375 e. The molecule has 3 aromatic rings. The maximum Gasteiger partial charge on any atom is 0.271 e. The van der Waals surface area contributed by atoms with Gasteiger partial charge >= 0.3 is 0 Å². The van der Waals surface area contributed by atoms with Crippen LogP contribution in [0, 0.1) is 0 Å². The lowest BCUT2D eigenvalue weighted by atomic mass is 9.94. The number of aromatic amines is 1. The van der Waals surface area contributed by atoms with Crippen LogP contribution in [0.5, 0.6) is 0 Å². The molecule has 0 radical (unpaired) electrons. The molecule has 2 aromatic heterocycles. The van der Waals surface area contributed by atoms with E-state index in [1.165, 1.54) is 0 Å². The van der Waals surface area contributed by atoms with E-state index in [0.717, 1.165) is 40.3 Å². The minimum atomic E-state index is -0.218. The van der Waals surface area contributed by atoms with Gasteiger partial charge in [-0.15, -0.1) is 0 Å². The van der Waals surface area contributed by atoms with E-state index in [2.05, 4.69) is 28.9 Å². The van der Waals surface area contributed by atoms with Gasteiger partial charge in [-0.05, 0) is 45.2 Å². The van der Waals surface area contributed by atoms with Crippen LogP contribution in [0.1, 0.15) is 56.0 Å². The number of ether oxygens (including phenoxy) is 1. The second-order valence-corrected chi connectivity index (χ2v) is 9.50. The number of aliphatic imine (C=N–C) groups is 1. The maximum absolute atomic E-state index is 13.1. The van der Waals surface area contributed by atoms with E-state index in [9.17, 15) is 4.79 Å². The van der Waals surface area contributed by atoms with Crippen LogP contribution in [-0.2, 0) is 4.74 Å². The summed E-state index contributed by atoms with van der Waals surface area (Å²) in [5.74, 6) is 0.736. The molecule has 1 aromatic carbocycles. The number of rotatable bonds is 2. The van der Waals surface area contributed by atoms with E-state index in [-0.39, 0.29) is 22.5 Å². The number of benzene rings is 1. The van der Waals surface area contributed by atoms with Crippen molar-refractivity contribution < 1.29 is 4.74 Å². The molecule has 1 N–H and O–H groups in total. The highest BCUT2D eigenvalue weighted by atomic mass is 32.2. The summed E-state index contributed by atoms with van der Waals surface area (Å²) in [6.45, 7) is 6.85. The maximum atomic E-state index is 13.1. The number of fused-ring (bicyclic) bond motifs is 2. The first kappa shape index (κ1) is 18.6. The fourth-order valence-corrected chi connectivity index (χ4v) is 5.47. The molecule has 0 unspecified atom stereocenters. The Balaban J connectivity index is 1.66. The molecule has 8 heteroatoms. The topological polar surface area (TPSA) is 85.2 Å². The normalized spacial score (nSPS) is 23.6. The van der Waals surface area contributed by atoms with E-state index in [4.69, 9.17) is 9.73 Å². The van der Waals surface area contributed by atoms with Gasteiger partial charge in [0.15, 0.2) is 5.82 Å². The molecule has 29 heavy (non-hydrogen) atoms. The van der Waals surface area contributed by atoms with Gasteiger partial charge in [0.25, 0.3) is 5.56 Å². The first-order valence-electron chi connectivity index (χ1n) is 9.83. The van der Waals surface area contributed by atoms with Crippen LogP contribution in [0.2, 0.25) is 0 Å². The molecule has 0 saturated carbocycles. The van der Waals surface area contributed by atoms with Crippen molar-refractivity contribution in [3.05, 3.63) is 52.1 Å². The molecular weight excluding hydrogens is 386 g/mol. The van der Waals surface area contributed by atoms with Crippen LogP contribution in [0.15, 0.2) is 40.4 Å². The van der Waals surface area contributed by atoms with Crippen molar-refractivity contribution in [3.63, 3.8) is 0 Å². The van der Waals surface area contributed by atoms with Gasteiger partial charge in [0.1, 0.15) is 0 Å². The Hall–Kier alpha value is -2.45. The van der Waals surface area contributed by atoms with Crippen molar-refractivity contribution in [3.8, 4) is 0 Å². The van der Waals surface area contributed by atoms with Gasteiger partial charge < -0.3 is 4.74 Å². The van der Waals surface area contributed by atoms with Crippen molar-refractivity contribution in [2.45, 2.75) is 50.5 Å². The molecule has 4 heterocycles. The van der Waals surface area contributed by atoms with Gasteiger partial charge in [0, 0.05) is 19.0 Å². The molecule has 0 bridgehead atoms. The molecule has 0 spiro atoms. The monoisotopic (exact) mass is 409 g/mol. The molecule has 1 fully saturated rings. The standard InChI is InChI=1S/C21H23N5O2S/c1-12-24-19-16(20(27)25-26(19)13-7-10-28-21(2,3)11-13)18(29-12)14-5-4-6-15-17(14)23-9-8-22-15/h4-6,8-9,13,18H,7,10-11H2,1-3H3,(H,25,27)/t13-,18-/m0/s1. The first-order valence-corrected chi connectivity index (χ1v) is 10.7. The molecule has 2 atom stereocenters. The van der Waals surface area contributed by atoms with Crippen molar-refractivity contribution in [1.82, 2.24) is 19.7 Å². The van der Waals surface area contributed by atoms with E-state index < -0.39 is 0 Å². The summed E-state index contributed by atoms with van der Waals surface area (Å²) in [4.78, 5) is 26.8. The zero-order valence-electron chi connectivity index (χ0n) is 16.7. The van der Waals surface area contributed by atoms with Crippen LogP contribution >= 0.6 is 11.8 Å². The Labute approximate surface area is 172 Å². The van der Waals surface area contributed by atoms with E-state index >= 15 is 0 Å². The zero-order valence-corrected chi connectivity index (χ0v) is 17.5. The van der Waals surface area contributed by atoms with E-state index in [0.29, 0.717) is 12.2 Å². The summed E-state index contributed by atoms with van der Waals surface area (Å²) in [6, 6.07) is 6.11. The van der Waals surface area contributed by atoms with Crippen molar-refractivity contribution >= 4 is 33.7 Å². The second-order valence-electron chi connectivity index (χ2n) is 8.20. The Morgan fingerprint density at radius 2 is 2.10 bits per heavy atom. The number of para-hydroxylation sites is 1. The molecule has 150 valence electrons. The lowest BCUT2D eigenvalue weighted by molar-refractivity contribution is -0.0705.